The average molecular weight is 432 g/mol. The highest BCUT2D eigenvalue weighted by atomic mass is 19.4. The second-order valence-corrected chi connectivity index (χ2v) is 8.18. The minimum absolute atomic E-state index is 0.0986. The van der Waals surface area contributed by atoms with Crippen molar-refractivity contribution in [2.75, 3.05) is 13.7 Å². The lowest BCUT2D eigenvalue weighted by atomic mass is 9.87. The van der Waals surface area contributed by atoms with Crippen LogP contribution in [0.2, 0.25) is 0 Å². The van der Waals surface area contributed by atoms with E-state index in [2.05, 4.69) is 22.8 Å². The van der Waals surface area contributed by atoms with Crippen LogP contribution in [0.5, 0.6) is 5.75 Å². The molecule has 1 fully saturated rings. The van der Waals surface area contributed by atoms with Gasteiger partial charge in [-0.2, -0.15) is 13.2 Å². The zero-order valence-electron chi connectivity index (χ0n) is 17.6. The minimum atomic E-state index is -4.54. The number of hydrogen-bond donors (Lipinski definition) is 2. The van der Waals surface area contributed by atoms with E-state index in [4.69, 9.17) is 9.47 Å². The number of halogens is 3. The molecule has 3 atom stereocenters. The number of methoxy groups -OCH3 is 1. The van der Waals surface area contributed by atoms with Crippen LogP contribution in [0.25, 0.3) is 6.08 Å². The number of ether oxygens (including phenoxy) is 2. The summed E-state index contributed by atoms with van der Waals surface area (Å²) < 4.78 is 52.0. The standard InChI is InChI=1S/C24H27F3N2O2/c1-23(24(25,26)27)19-13-18(21(30-2)14-17(19)10-12-31-23)15-29-20-9-6-11-28-22(20)16-7-4-3-5-8-16/h3-5,7-8,10,12-14,20,22,28-29H,6,9,11,15H2,1-2H3/t20-,22-,23+/m0/s1. The van der Waals surface area contributed by atoms with Gasteiger partial charge in [-0.15, -0.1) is 0 Å². The Kier molecular flexibility index (Phi) is 5.99. The van der Waals surface area contributed by atoms with E-state index < -0.39 is 11.8 Å². The number of rotatable bonds is 5. The molecule has 0 aliphatic carbocycles. The fraction of sp³-hybridized carbons (Fsp3) is 0.417. The lowest BCUT2D eigenvalue weighted by molar-refractivity contribution is -0.261. The van der Waals surface area contributed by atoms with Gasteiger partial charge < -0.3 is 20.1 Å². The van der Waals surface area contributed by atoms with Gasteiger partial charge in [-0.3, -0.25) is 0 Å². The summed E-state index contributed by atoms with van der Waals surface area (Å²) in [5.41, 5.74) is 0.0276. The molecule has 4 nitrogen and oxygen atoms in total. The molecule has 0 saturated carbocycles. The molecule has 2 aliphatic rings. The molecule has 2 aromatic carbocycles. The first-order valence-corrected chi connectivity index (χ1v) is 10.5. The van der Waals surface area contributed by atoms with Crippen molar-refractivity contribution in [3.63, 3.8) is 0 Å². The van der Waals surface area contributed by atoms with E-state index in [0.717, 1.165) is 32.6 Å². The number of hydrogen-bond acceptors (Lipinski definition) is 4. The van der Waals surface area contributed by atoms with Gasteiger partial charge >= 0.3 is 6.18 Å². The highest BCUT2D eigenvalue weighted by molar-refractivity contribution is 5.61. The first-order valence-electron chi connectivity index (χ1n) is 10.5. The molecule has 0 spiro atoms. The normalized spacial score (nSPS) is 25.6. The van der Waals surface area contributed by atoms with Gasteiger partial charge in [0.1, 0.15) is 5.75 Å². The highest BCUT2D eigenvalue weighted by Gasteiger charge is 2.56. The quantitative estimate of drug-likeness (QED) is 0.694. The van der Waals surface area contributed by atoms with Gasteiger partial charge in [0, 0.05) is 29.8 Å². The smallest absolute Gasteiger partial charge is 0.432 e. The summed E-state index contributed by atoms with van der Waals surface area (Å²) in [5, 5.41) is 7.11. The SMILES string of the molecule is COc1cc2c(cc1CN[C@H]1CCCN[C@H]1c1ccccc1)[C@](C)(C(F)(F)F)OC=C2. The Hall–Kier alpha value is -2.51. The third-order valence-corrected chi connectivity index (χ3v) is 6.23. The van der Waals surface area contributed by atoms with Gasteiger partial charge in [-0.05, 0) is 55.6 Å². The van der Waals surface area contributed by atoms with Gasteiger partial charge in [0.2, 0.25) is 5.60 Å². The molecule has 2 aliphatic heterocycles. The maximum absolute atomic E-state index is 13.8. The summed E-state index contributed by atoms with van der Waals surface area (Å²) in [6.45, 7) is 2.40. The predicted molar refractivity (Wildman–Crippen MR) is 114 cm³/mol. The predicted octanol–water partition coefficient (Wildman–Crippen LogP) is 5.06. The van der Waals surface area contributed by atoms with Crippen molar-refractivity contribution >= 4 is 6.08 Å². The summed E-state index contributed by atoms with van der Waals surface area (Å²) in [7, 11) is 1.53. The van der Waals surface area contributed by atoms with Gasteiger partial charge in [0.25, 0.3) is 0 Å². The molecule has 2 aromatic rings. The first-order chi connectivity index (χ1) is 14.8. The minimum Gasteiger partial charge on any atom is -0.496 e. The molecule has 0 unspecified atom stereocenters. The third kappa shape index (κ3) is 4.16. The second kappa shape index (κ2) is 8.55. The zero-order valence-corrected chi connectivity index (χ0v) is 17.6. The van der Waals surface area contributed by atoms with Crippen LogP contribution in [0.15, 0.2) is 48.7 Å². The Morgan fingerprint density at radius 2 is 2.00 bits per heavy atom. The van der Waals surface area contributed by atoms with Gasteiger partial charge in [0.15, 0.2) is 0 Å². The first kappa shape index (κ1) is 21.7. The van der Waals surface area contributed by atoms with Crippen molar-refractivity contribution < 1.29 is 22.6 Å². The highest BCUT2D eigenvalue weighted by Crippen LogP contribution is 2.47. The zero-order chi connectivity index (χ0) is 22.1. The molecule has 31 heavy (non-hydrogen) atoms. The Bertz CT molecular complexity index is 946. The summed E-state index contributed by atoms with van der Waals surface area (Å²) in [5.74, 6) is 0.558. The van der Waals surface area contributed by atoms with E-state index >= 15 is 0 Å². The molecule has 1 saturated heterocycles. The number of alkyl halides is 3. The fourth-order valence-electron chi connectivity index (χ4n) is 4.41. The van der Waals surface area contributed by atoms with Gasteiger partial charge in [-0.1, -0.05) is 30.3 Å². The topological polar surface area (TPSA) is 42.5 Å². The molecule has 0 amide bonds. The van der Waals surface area contributed by atoms with Gasteiger partial charge in [0.05, 0.1) is 13.4 Å². The van der Waals surface area contributed by atoms with E-state index in [9.17, 15) is 13.2 Å². The van der Waals surface area contributed by atoms with Crippen LogP contribution in [-0.4, -0.2) is 25.9 Å². The summed E-state index contributed by atoms with van der Waals surface area (Å²) in [4.78, 5) is 0. The number of nitrogens with one attached hydrogen (secondary N) is 2. The van der Waals surface area contributed by atoms with Crippen molar-refractivity contribution in [2.45, 2.75) is 50.2 Å². The van der Waals surface area contributed by atoms with Crippen LogP contribution in [0, 0.1) is 0 Å². The number of benzene rings is 2. The fourth-order valence-corrected chi connectivity index (χ4v) is 4.41. The van der Waals surface area contributed by atoms with Crippen molar-refractivity contribution in [2.24, 2.45) is 0 Å². The van der Waals surface area contributed by atoms with Crippen LogP contribution in [0.3, 0.4) is 0 Å². The number of fused-ring (bicyclic) bond motifs is 1. The van der Waals surface area contributed by atoms with E-state index in [0.29, 0.717) is 23.4 Å². The lowest BCUT2D eigenvalue weighted by Gasteiger charge is -2.36. The Labute approximate surface area is 180 Å². The van der Waals surface area contributed by atoms with Gasteiger partial charge in [-0.25, -0.2) is 0 Å². The Morgan fingerprint density at radius 1 is 1.23 bits per heavy atom. The maximum Gasteiger partial charge on any atom is 0.432 e. The van der Waals surface area contributed by atoms with Crippen molar-refractivity contribution in [1.82, 2.24) is 10.6 Å². The molecule has 2 N–H and O–H groups in total. The van der Waals surface area contributed by atoms with Crippen LogP contribution in [0.1, 0.15) is 48.1 Å². The molecular weight excluding hydrogens is 405 g/mol. The number of piperidine rings is 1. The summed E-state index contributed by atoms with van der Waals surface area (Å²) in [6.07, 6.45) is 0.112. The van der Waals surface area contributed by atoms with Crippen molar-refractivity contribution in [3.05, 3.63) is 71.0 Å². The molecule has 0 bridgehead atoms. The maximum atomic E-state index is 13.8. The van der Waals surface area contributed by atoms with E-state index in [1.54, 1.807) is 18.2 Å². The molecule has 0 radical (unpaired) electrons. The molecule has 4 rings (SSSR count). The molecule has 2 heterocycles. The van der Waals surface area contributed by atoms with Crippen LogP contribution in [0.4, 0.5) is 13.2 Å². The van der Waals surface area contributed by atoms with Crippen LogP contribution >= 0.6 is 0 Å². The van der Waals surface area contributed by atoms with Crippen molar-refractivity contribution in [1.29, 1.82) is 0 Å². The monoisotopic (exact) mass is 432 g/mol. The molecule has 7 heteroatoms. The second-order valence-electron chi connectivity index (χ2n) is 8.18. The third-order valence-electron chi connectivity index (χ3n) is 6.23. The molecule has 166 valence electrons. The summed E-state index contributed by atoms with van der Waals surface area (Å²) >= 11 is 0. The molecule has 0 aromatic heterocycles. The van der Waals surface area contributed by atoms with Crippen LogP contribution < -0.4 is 15.4 Å². The van der Waals surface area contributed by atoms with Crippen LogP contribution in [-0.2, 0) is 16.9 Å². The average Bonchev–Trinajstić information content (AvgIpc) is 2.77. The van der Waals surface area contributed by atoms with E-state index in [1.165, 1.54) is 12.7 Å². The lowest BCUT2D eigenvalue weighted by Crippen LogP contribution is -2.45. The van der Waals surface area contributed by atoms with Crippen molar-refractivity contribution in [3.8, 4) is 5.75 Å². The Balaban J connectivity index is 1.61. The Morgan fingerprint density at radius 3 is 2.71 bits per heavy atom. The van der Waals surface area contributed by atoms with E-state index in [1.807, 2.05) is 18.2 Å². The summed E-state index contributed by atoms with van der Waals surface area (Å²) in [6, 6.07) is 13.7. The molecular formula is C24H27F3N2O2. The van der Waals surface area contributed by atoms with E-state index in [-0.39, 0.29) is 17.6 Å². The largest absolute Gasteiger partial charge is 0.496 e.